The van der Waals surface area contributed by atoms with Crippen LogP contribution in [0, 0.1) is 11.3 Å². The summed E-state index contributed by atoms with van der Waals surface area (Å²) in [4.78, 5) is 26.1. The fourth-order valence-corrected chi connectivity index (χ4v) is 2.47. The summed E-state index contributed by atoms with van der Waals surface area (Å²) in [6, 6.07) is 5.27. The van der Waals surface area contributed by atoms with E-state index in [1.54, 1.807) is 17.0 Å². The fourth-order valence-electron chi connectivity index (χ4n) is 2.47. The Morgan fingerprint density at radius 1 is 1.33 bits per heavy atom. The van der Waals surface area contributed by atoms with Crippen molar-refractivity contribution < 1.29 is 14.3 Å². The van der Waals surface area contributed by atoms with Gasteiger partial charge in [0.15, 0.2) is 0 Å². The molecule has 8 heteroatoms. The Kier molecular flexibility index (Phi) is 4.52. The summed E-state index contributed by atoms with van der Waals surface area (Å²) in [5, 5.41) is 9.01. The minimum absolute atomic E-state index is 0.115. The van der Waals surface area contributed by atoms with Gasteiger partial charge in [-0.1, -0.05) is 0 Å². The highest BCUT2D eigenvalue weighted by atomic mass is 16.5. The van der Waals surface area contributed by atoms with E-state index < -0.39 is 0 Å². The molecule has 24 heavy (non-hydrogen) atoms. The molecule has 1 atom stereocenters. The third-order valence-corrected chi connectivity index (χ3v) is 3.67. The van der Waals surface area contributed by atoms with Gasteiger partial charge in [0.1, 0.15) is 12.2 Å². The van der Waals surface area contributed by atoms with Crippen molar-refractivity contribution in [1.82, 2.24) is 19.9 Å². The smallest absolute Gasteiger partial charge is 0.255 e. The zero-order chi connectivity index (χ0) is 16.9. The number of carbonyl (C=O) groups excluding carboxylic acids is 1. The molecule has 3 heterocycles. The summed E-state index contributed by atoms with van der Waals surface area (Å²) < 4.78 is 10.7. The van der Waals surface area contributed by atoms with Crippen LogP contribution in [0.1, 0.15) is 22.5 Å². The number of amides is 1. The predicted octanol–water partition coefficient (Wildman–Crippen LogP) is 1.05. The summed E-state index contributed by atoms with van der Waals surface area (Å²) in [5.74, 6) is 0.544. The summed E-state index contributed by atoms with van der Waals surface area (Å²) >= 11 is 0. The maximum Gasteiger partial charge on any atom is 0.255 e. The second-order valence-corrected chi connectivity index (χ2v) is 5.19. The molecule has 2 aromatic heterocycles. The molecule has 0 spiro atoms. The number of hydrogen-bond acceptors (Lipinski definition) is 7. The van der Waals surface area contributed by atoms with Crippen LogP contribution in [0.3, 0.4) is 0 Å². The molecule has 1 unspecified atom stereocenters. The first-order valence-corrected chi connectivity index (χ1v) is 7.38. The molecule has 1 saturated heterocycles. The van der Waals surface area contributed by atoms with Gasteiger partial charge in [-0.25, -0.2) is 15.0 Å². The number of nitriles is 1. The zero-order valence-electron chi connectivity index (χ0n) is 13.0. The second kappa shape index (κ2) is 6.91. The van der Waals surface area contributed by atoms with Crippen LogP contribution >= 0.6 is 0 Å². The molecule has 1 fully saturated rings. The minimum atomic E-state index is -0.219. The fraction of sp³-hybridized carbons (Fsp3) is 0.312. The highest BCUT2D eigenvalue weighted by Crippen LogP contribution is 2.20. The van der Waals surface area contributed by atoms with E-state index in [0.717, 1.165) is 0 Å². The molecule has 122 valence electrons. The Bertz CT molecular complexity index is 772. The van der Waals surface area contributed by atoms with E-state index in [4.69, 9.17) is 14.7 Å². The van der Waals surface area contributed by atoms with Gasteiger partial charge < -0.3 is 14.4 Å². The first kappa shape index (κ1) is 15.7. The number of methoxy groups -OCH3 is 1. The van der Waals surface area contributed by atoms with E-state index >= 15 is 0 Å². The lowest BCUT2D eigenvalue weighted by Gasteiger charge is -2.17. The SMILES string of the molecule is COc1ccc(C(=O)N2CCC(Oc3nccnc3C#N)C2)cn1. The van der Waals surface area contributed by atoms with Crippen LogP contribution in [-0.4, -0.2) is 52.1 Å². The molecule has 1 aliphatic rings. The van der Waals surface area contributed by atoms with Gasteiger partial charge in [0.05, 0.1) is 19.2 Å². The lowest BCUT2D eigenvalue weighted by Crippen LogP contribution is -2.31. The Labute approximate surface area is 138 Å². The number of nitrogens with zero attached hydrogens (tertiary/aromatic N) is 5. The number of ether oxygens (including phenoxy) is 2. The number of carbonyl (C=O) groups is 1. The molecular formula is C16H15N5O3. The summed E-state index contributed by atoms with van der Waals surface area (Å²) in [6.45, 7) is 0.990. The molecule has 0 aliphatic carbocycles. The number of aromatic nitrogens is 3. The number of pyridine rings is 1. The van der Waals surface area contributed by atoms with Crippen LogP contribution in [0.2, 0.25) is 0 Å². The molecule has 3 rings (SSSR count). The molecule has 1 aliphatic heterocycles. The van der Waals surface area contributed by atoms with Crippen LogP contribution in [0.25, 0.3) is 0 Å². The van der Waals surface area contributed by atoms with Crippen molar-refractivity contribution in [2.24, 2.45) is 0 Å². The van der Waals surface area contributed by atoms with E-state index in [1.165, 1.54) is 25.7 Å². The third kappa shape index (κ3) is 3.25. The largest absolute Gasteiger partial charge is 0.481 e. The van der Waals surface area contributed by atoms with Crippen molar-refractivity contribution in [2.45, 2.75) is 12.5 Å². The number of likely N-dealkylation sites (tertiary alicyclic amines) is 1. The van der Waals surface area contributed by atoms with Crippen LogP contribution in [0.5, 0.6) is 11.8 Å². The average Bonchev–Trinajstić information content (AvgIpc) is 3.10. The standard InChI is InChI=1S/C16H15N5O3/c1-23-14-3-2-11(9-20-14)16(22)21-7-4-12(10-21)24-15-13(8-17)18-5-6-19-15/h2-3,5-6,9,12H,4,7,10H2,1H3. The average molecular weight is 325 g/mol. The lowest BCUT2D eigenvalue weighted by atomic mass is 10.2. The maximum atomic E-state index is 12.5. The summed E-state index contributed by atoms with van der Waals surface area (Å²) in [6.07, 6.45) is 4.84. The minimum Gasteiger partial charge on any atom is -0.481 e. The third-order valence-electron chi connectivity index (χ3n) is 3.67. The monoisotopic (exact) mass is 325 g/mol. The quantitative estimate of drug-likeness (QED) is 0.828. The van der Waals surface area contributed by atoms with E-state index in [9.17, 15) is 4.79 Å². The van der Waals surface area contributed by atoms with Gasteiger partial charge in [0.25, 0.3) is 11.8 Å². The molecule has 0 aromatic carbocycles. The van der Waals surface area contributed by atoms with Crippen molar-refractivity contribution in [1.29, 1.82) is 5.26 Å². The van der Waals surface area contributed by atoms with Crippen molar-refractivity contribution >= 4 is 5.91 Å². The normalized spacial score (nSPS) is 16.5. The van der Waals surface area contributed by atoms with E-state index in [1.807, 2.05) is 6.07 Å². The maximum absolute atomic E-state index is 12.5. The number of rotatable bonds is 4. The summed E-state index contributed by atoms with van der Waals surface area (Å²) in [7, 11) is 1.52. The van der Waals surface area contributed by atoms with Gasteiger partial charge in [-0.3, -0.25) is 4.79 Å². The Morgan fingerprint density at radius 2 is 2.17 bits per heavy atom. The van der Waals surface area contributed by atoms with E-state index in [-0.39, 0.29) is 23.6 Å². The Balaban J connectivity index is 1.64. The van der Waals surface area contributed by atoms with Gasteiger partial charge in [0.2, 0.25) is 11.6 Å². The predicted molar refractivity (Wildman–Crippen MR) is 82.5 cm³/mol. The molecule has 1 amide bonds. The Hall–Kier alpha value is -3.21. The molecule has 0 radical (unpaired) electrons. The highest BCUT2D eigenvalue weighted by Gasteiger charge is 2.29. The molecule has 8 nitrogen and oxygen atoms in total. The highest BCUT2D eigenvalue weighted by molar-refractivity contribution is 5.94. The van der Waals surface area contributed by atoms with Crippen LogP contribution < -0.4 is 9.47 Å². The first-order valence-electron chi connectivity index (χ1n) is 7.38. The van der Waals surface area contributed by atoms with Gasteiger partial charge >= 0.3 is 0 Å². The second-order valence-electron chi connectivity index (χ2n) is 5.19. The van der Waals surface area contributed by atoms with Gasteiger partial charge in [0, 0.05) is 37.6 Å². The van der Waals surface area contributed by atoms with Crippen molar-refractivity contribution in [3.05, 3.63) is 42.0 Å². The van der Waals surface area contributed by atoms with Crippen molar-refractivity contribution in [2.75, 3.05) is 20.2 Å². The first-order chi connectivity index (χ1) is 11.7. The van der Waals surface area contributed by atoms with Gasteiger partial charge in [-0.2, -0.15) is 5.26 Å². The van der Waals surface area contributed by atoms with Gasteiger partial charge in [-0.05, 0) is 6.07 Å². The zero-order valence-corrected chi connectivity index (χ0v) is 13.0. The Morgan fingerprint density at radius 3 is 2.88 bits per heavy atom. The topological polar surface area (TPSA) is 101 Å². The van der Waals surface area contributed by atoms with E-state index in [2.05, 4.69) is 15.0 Å². The molecule has 0 bridgehead atoms. The molecule has 0 saturated carbocycles. The van der Waals surface area contributed by atoms with Crippen molar-refractivity contribution in [3.8, 4) is 17.8 Å². The number of hydrogen-bond donors (Lipinski definition) is 0. The van der Waals surface area contributed by atoms with Crippen LogP contribution in [0.15, 0.2) is 30.7 Å². The molecular weight excluding hydrogens is 310 g/mol. The molecule has 2 aromatic rings. The van der Waals surface area contributed by atoms with Gasteiger partial charge in [-0.15, -0.1) is 0 Å². The molecule has 0 N–H and O–H groups in total. The van der Waals surface area contributed by atoms with Crippen LogP contribution in [0.4, 0.5) is 0 Å². The lowest BCUT2D eigenvalue weighted by molar-refractivity contribution is 0.0770. The van der Waals surface area contributed by atoms with Crippen LogP contribution in [-0.2, 0) is 0 Å². The van der Waals surface area contributed by atoms with Crippen molar-refractivity contribution in [3.63, 3.8) is 0 Å². The summed E-state index contributed by atoms with van der Waals surface area (Å²) in [5.41, 5.74) is 0.635. The van der Waals surface area contributed by atoms with E-state index in [0.29, 0.717) is 31.0 Å².